The predicted molar refractivity (Wildman–Crippen MR) is 83.8 cm³/mol. The number of amides is 1. The van der Waals surface area contributed by atoms with E-state index >= 15 is 0 Å². The summed E-state index contributed by atoms with van der Waals surface area (Å²) in [5, 5.41) is 11.8. The maximum atomic E-state index is 12.9. The van der Waals surface area contributed by atoms with Crippen LogP contribution in [0, 0.1) is 0 Å². The molecule has 0 heterocycles. The van der Waals surface area contributed by atoms with Gasteiger partial charge in [-0.05, 0) is 36.4 Å². The standard InChI is InChI=1S/C17H11F6NO4/c1-28-15(27)8-2-3-12(13(25)6-8)24-14(26)9-4-10(16(18,19)20)7-11(5-9)17(21,22)23/h2-7,25H,1H3,(H,24,26). The van der Waals surface area contributed by atoms with E-state index < -0.39 is 46.7 Å². The van der Waals surface area contributed by atoms with Crippen molar-refractivity contribution in [3.8, 4) is 5.75 Å². The first kappa shape index (κ1) is 21.1. The largest absolute Gasteiger partial charge is 0.506 e. The number of phenolic OH excluding ortho intramolecular Hbond substituents is 1. The van der Waals surface area contributed by atoms with Gasteiger partial charge in [-0.25, -0.2) is 4.79 Å². The highest BCUT2D eigenvalue weighted by Gasteiger charge is 2.37. The molecule has 0 saturated carbocycles. The highest BCUT2D eigenvalue weighted by atomic mass is 19.4. The molecule has 28 heavy (non-hydrogen) atoms. The first-order chi connectivity index (χ1) is 12.8. The molecule has 150 valence electrons. The first-order valence-corrected chi connectivity index (χ1v) is 7.35. The van der Waals surface area contributed by atoms with Crippen LogP contribution in [0.5, 0.6) is 5.75 Å². The minimum atomic E-state index is -5.11. The Labute approximate surface area is 153 Å². The van der Waals surface area contributed by atoms with Crippen LogP contribution in [0.2, 0.25) is 0 Å². The van der Waals surface area contributed by atoms with Gasteiger partial charge in [-0.3, -0.25) is 4.79 Å². The maximum absolute atomic E-state index is 12.9. The Morgan fingerprint density at radius 1 is 0.893 bits per heavy atom. The molecule has 1 amide bonds. The molecule has 0 aromatic heterocycles. The second-order valence-electron chi connectivity index (χ2n) is 5.47. The third kappa shape index (κ3) is 4.72. The third-order valence-corrected chi connectivity index (χ3v) is 3.52. The van der Waals surface area contributed by atoms with Gasteiger partial charge < -0.3 is 15.2 Å². The second kappa shape index (κ2) is 7.41. The van der Waals surface area contributed by atoms with Crippen LogP contribution in [-0.4, -0.2) is 24.1 Å². The van der Waals surface area contributed by atoms with Crippen molar-refractivity contribution in [2.24, 2.45) is 0 Å². The summed E-state index contributed by atoms with van der Waals surface area (Å²) in [4.78, 5) is 23.5. The van der Waals surface area contributed by atoms with Crippen LogP contribution in [0.3, 0.4) is 0 Å². The zero-order chi connectivity index (χ0) is 21.3. The number of alkyl halides is 6. The van der Waals surface area contributed by atoms with E-state index in [9.17, 15) is 41.0 Å². The Balaban J connectivity index is 2.40. The van der Waals surface area contributed by atoms with E-state index in [2.05, 4.69) is 4.74 Å². The van der Waals surface area contributed by atoms with Gasteiger partial charge in [0.1, 0.15) is 5.75 Å². The van der Waals surface area contributed by atoms with Crippen molar-refractivity contribution in [1.82, 2.24) is 0 Å². The number of benzene rings is 2. The fraction of sp³-hybridized carbons (Fsp3) is 0.176. The molecule has 0 bridgehead atoms. The average molecular weight is 407 g/mol. The number of esters is 1. The summed E-state index contributed by atoms with van der Waals surface area (Å²) in [7, 11) is 1.08. The Hall–Kier alpha value is -3.24. The van der Waals surface area contributed by atoms with E-state index in [4.69, 9.17) is 0 Å². The number of rotatable bonds is 3. The van der Waals surface area contributed by atoms with Crippen molar-refractivity contribution in [1.29, 1.82) is 0 Å². The van der Waals surface area contributed by atoms with E-state index in [0.29, 0.717) is 0 Å². The minimum absolute atomic E-state index is 0.0866. The zero-order valence-electron chi connectivity index (χ0n) is 13.9. The lowest BCUT2D eigenvalue weighted by atomic mass is 10.0. The van der Waals surface area contributed by atoms with Crippen molar-refractivity contribution < 1.29 is 45.8 Å². The molecular weight excluding hydrogens is 396 g/mol. The van der Waals surface area contributed by atoms with Gasteiger partial charge in [-0.2, -0.15) is 26.3 Å². The quantitative estimate of drug-likeness (QED) is 0.447. The van der Waals surface area contributed by atoms with Crippen molar-refractivity contribution in [3.05, 3.63) is 58.7 Å². The number of methoxy groups -OCH3 is 1. The smallest absolute Gasteiger partial charge is 0.416 e. The first-order valence-electron chi connectivity index (χ1n) is 7.35. The molecule has 2 aromatic carbocycles. The minimum Gasteiger partial charge on any atom is -0.506 e. The van der Waals surface area contributed by atoms with Crippen molar-refractivity contribution in [3.63, 3.8) is 0 Å². The molecule has 0 aliphatic carbocycles. The molecule has 11 heteroatoms. The van der Waals surface area contributed by atoms with E-state index in [-0.39, 0.29) is 29.4 Å². The summed E-state index contributed by atoms with van der Waals surface area (Å²) in [6.45, 7) is 0. The lowest BCUT2D eigenvalue weighted by molar-refractivity contribution is -0.143. The number of carbonyl (C=O) groups excluding carboxylic acids is 2. The van der Waals surface area contributed by atoms with Gasteiger partial charge in [-0.1, -0.05) is 0 Å². The molecule has 0 unspecified atom stereocenters. The second-order valence-corrected chi connectivity index (χ2v) is 5.47. The molecule has 0 atom stereocenters. The number of halogens is 6. The highest BCUT2D eigenvalue weighted by molar-refractivity contribution is 6.05. The monoisotopic (exact) mass is 407 g/mol. The summed E-state index contributed by atoms with van der Waals surface area (Å²) in [6.07, 6.45) is -10.2. The molecule has 0 saturated heterocycles. The van der Waals surface area contributed by atoms with Crippen LogP contribution in [0.15, 0.2) is 36.4 Å². The molecular formula is C17H11F6NO4. The van der Waals surface area contributed by atoms with Crippen LogP contribution < -0.4 is 5.32 Å². The van der Waals surface area contributed by atoms with Crippen LogP contribution in [0.4, 0.5) is 32.0 Å². The number of phenols is 1. The Bertz CT molecular complexity index is 889. The summed E-state index contributed by atoms with van der Waals surface area (Å²) >= 11 is 0. The average Bonchev–Trinajstić information content (AvgIpc) is 2.60. The molecule has 0 aliphatic heterocycles. The van der Waals surface area contributed by atoms with E-state index in [1.165, 1.54) is 0 Å². The normalized spacial score (nSPS) is 11.8. The van der Waals surface area contributed by atoms with Gasteiger partial charge in [0, 0.05) is 5.56 Å². The predicted octanol–water partition coefficient (Wildman–Crippen LogP) is 4.47. The number of ether oxygens (including phenoxy) is 1. The molecule has 0 radical (unpaired) electrons. The lowest BCUT2D eigenvalue weighted by Crippen LogP contribution is -2.17. The lowest BCUT2D eigenvalue weighted by Gasteiger charge is -2.14. The summed E-state index contributed by atoms with van der Waals surface area (Å²) in [6, 6.07) is 3.48. The van der Waals surface area contributed by atoms with Crippen molar-refractivity contribution >= 4 is 17.6 Å². The zero-order valence-corrected chi connectivity index (χ0v) is 13.9. The SMILES string of the molecule is COC(=O)c1ccc(NC(=O)c2cc(C(F)(F)F)cc(C(F)(F)F)c2)c(O)c1. The van der Waals surface area contributed by atoms with Crippen molar-refractivity contribution in [2.75, 3.05) is 12.4 Å². The topological polar surface area (TPSA) is 75.6 Å². The number of hydrogen-bond acceptors (Lipinski definition) is 4. The number of aromatic hydroxyl groups is 1. The Morgan fingerprint density at radius 3 is 1.86 bits per heavy atom. The van der Waals surface area contributed by atoms with Crippen LogP contribution in [0.25, 0.3) is 0 Å². The summed E-state index contributed by atoms with van der Waals surface area (Å²) < 4.78 is 81.6. The van der Waals surface area contributed by atoms with Gasteiger partial charge in [0.05, 0.1) is 29.5 Å². The van der Waals surface area contributed by atoms with E-state index in [1.807, 2.05) is 5.32 Å². The third-order valence-electron chi connectivity index (χ3n) is 3.52. The Morgan fingerprint density at radius 2 is 1.43 bits per heavy atom. The maximum Gasteiger partial charge on any atom is 0.416 e. The number of nitrogens with one attached hydrogen (secondary N) is 1. The number of anilines is 1. The van der Waals surface area contributed by atoms with Gasteiger partial charge in [0.2, 0.25) is 0 Å². The van der Waals surface area contributed by atoms with Crippen LogP contribution in [-0.2, 0) is 17.1 Å². The summed E-state index contributed by atoms with van der Waals surface area (Å²) in [5.41, 5.74) is -4.64. The Kier molecular flexibility index (Phi) is 5.57. The van der Waals surface area contributed by atoms with Crippen LogP contribution >= 0.6 is 0 Å². The van der Waals surface area contributed by atoms with Gasteiger partial charge in [-0.15, -0.1) is 0 Å². The molecule has 2 aromatic rings. The number of hydrogen-bond donors (Lipinski definition) is 2. The van der Waals surface area contributed by atoms with Gasteiger partial charge in [0.25, 0.3) is 5.91 Å². The molecule has 0 aliphatic rings. The number of carbonyl (C=O) groups is 2. The van der Waals surface area contributed by atoms with Crippen LogP contribution in [0.1, 0.15) is 31.8 Å². The molecule has 2 rings (SSSR count). The van der Waals surface area contributed by atoms with Gasteiger partial charge >= 0.3 is 18.3 Å². The fourth-order valence-electron chi connectivity index (χ4n) is 2.16. The van der Waals surface area contributed by atoms with E-state index in [1.54, 1.807) is 0 Å². The summed E-state index contributed by atoms with van der Waals surface area (Å²) in [5.74, 6) is -2.77. The molecule has 2 N–H and O–H groups in total. The van der Waals surface area contributed by atoms with Crippen molar-refractivity contribution in [2.45, 2.75) is 12.4 Å². The molecule has 0 fully saturated rings. The molecule has 0 spiro atoms. The molecule has 5 nitrogen and oxygen atoms in total. The van der Waals surface area contributed by atoms with E-state index in [0.717, 1.165) is 25.3 Å². The highest BCUT2D eigenvalue weighted by Crippen LogP contribution is 2.36. The fourth-order valence-corrected chi connectivity index (χ4v) is 2.16. The van der Waals surface area contributed by atoms with Gasteiger partial charge in [0.15, 0.2) is 0 Å².